The fourth-order valence-corrected chi connectivity index (χ4v) is 1.20. The minimum Gasteiger partial charge on any atom is -0.366 e. The van der Waals surface area contributed by atoms with Gasteiger partial charge in [0.1, 0.15) is 5.82 Å². The fraction of sp³-hybridized carbons (Fsp3) is 0.417. The van der Waals surface area contributed by atoms with Crippen LogP contribution in [0, 0.1) is 5.82 Å². The van der Waals surface area contributed by atoms with Crippen LogP contribution in [0.2, 0.25) is 0 Å². The van der Waals surface area contributed by atoms with E-state index < -0.39 is 11.7 Å². The highest BCUT2D eigenvalue weighted by molar-refractivity contribution is 5.92. The van der Waals surface area contributed by atoms with E-state index in [0.29, 0.717) is 12.1 Å². The Balaban J connectivity index is 2.80. The molecule has 0 aliphatic heterocycles. The molecular weight excluding hydrogens is 207 g/mol. The number of primary amides is 1. The van der Waals surface area contributed by atoms with Crippen molar-refractivity contribution in [2.45, 2.75) is 32.9 Å². The summed E-state index contributed by atoms with van der Waals surface area (Å²) in [6.45, 7) is 6.43. The molecule has 88 valence electrons. The maximum absolute atomic E-state index is 13.5. The lowest BCUT2D eigenvalue weighted by molar-refractivity contribution is 0.1000. The Kier molecular flexibility index (Phi) is 3.65. The van der Waals surface area contributed by atoms with Crippen LogP contribution < -0.4 is 11.1 Å². The molecule has 16 heavy (non-hydrogen) atoms. The van der Waals surface area contributed by atoms with Crippen LogP contribution in [0.25, 0.3) is 0 Å². The van der Waals surface area contributed by atoms with E-state index >= 15 is 0 Å². The minimum atomic E-state index is -0.616. The topological polar surface area (TPSA) is 55.1 Å². The van der Waals surface area contributed by atoms with Crippen LogP contribution in [0.3, 0.4) is 0 Å². The van der Waals surface area contributed by atoms with Crippen molar-refractivity contribution in [2.24, 2.45) is 5.73 Å². The van der Waals surface area contributed by atoms with Crippen molar-refractivity contribution in [1.82, 2.24) is 5.32 Å². The first-order valence-corrected chi connectivity index (χ1v) is 5.13. The molecule has 4 heteroatoms. The van der Waals surface area contributed by atoms with E-state index in [1.165, 1.54) is 12.1 Å². The average molecular weight is 224 g/mol. The second-order valence-electron chi connectivity index (χ2n) is 4.77. The summed E-state index contributed by atoms with van der Waals surface area (Å²) in [6, 6.07) is 4.28. The molecule has 0 saturated carbocycles. The molecule has 0 unspecified atom stereocenters. The molecule has 1 amide bonds. The zero-order valence-electron chi connectivity index (χ0n) is 9.80. The largest absolute Gasteiger partial charge is 0.366 e. The van der Waals surface area contributed by atoms with Crippen molar-refractivity contribution in [3.8, 4) is 0 Å². The van der Waals surface area contributed by atoms with Crippen molar-refractivity contribution in [1.29, 1.82) is 0 Å². The number of hydrogen-bond acceptors (Lipinski definition) is 2. The number of nitrogens with two attached hydrogens (primary N) is 1. The molecule has 0 aromatic heterocycles. The van der Waals surface area contributed by atoms with E-state index in [2.05, 4.69) is 5.32 Å². The molecule has 3 N–H and O–H groups in total. The maximum Gasteiger partial charge on any atom is 0.248 e. The lowest BCUT2D eigenvalue weighted by Crippen LogP contribution is -2.35. The van der Waals surface area contributed by atoms with E-state index in [1.54, 1.807) is 6.07 Å². The van der Waals surface area contributed by atoms with Gasteiger partial charge in [-0.15, -0.1) is 0 Å². The van der Waals surface area contributed by atoms with Gasteiger partial charge in [-0.25, -0.2) is 4.39 Å². The second-order valence-corrected chi connectivity index (χ2v) is 4.77. The maximum atomic E-state index is 13.5. The lowest BCUT2D eigenvalue weighted by Gasteiger charge is -2.20. The van der Waals surface area contributed by atoms with Crippen molar-refractivity contribution in [2.75, 3.05) is 0 Å². The van der Waals surface area contributed by atoms with Crippen molar-refractivity contribution < 1.29 is 9.18 Å². The molecule has 3 nitrogen and oxygen atoms in total. The summed E-state index contributed by atoms with van der Waals surface area (Å²) in [6.07, 6.45) is 0. The van der Waals surface area contributed by atoms with Crippen LogP contribution in [0.5, 0.6) is 0 Å². The number of rotatable bonds is 3. The van der Waals surface area contributed by atoms with Crippen LogP contribution in [0.15, 0.2) is 18.2 Å². The minimum absolute atomic E-state index is 0.0746. The van der Waals surface area contributed by atoms with Crippen molar-refractivity contribution in [3.05, 3.63) is 35.1 Å². The highest BCUT2D eigenvalue weighted by Crippen LogP contribution is 2.11. The van der Waals surface area contributed by atoms with Gasteiger partial charge in [0.05, 0.1) is 0 Å². The highest BCUT2D eigenvalue weighted by Gasteiger charge is 2.11. The number of nitrogens with one attached hydrogen (secondary N) is 1. The van der Waals surface area contributed by atoms with Crippen LogP contribution >= 0.6 is 0 Å². The molecule has 0 fully saturated rings. The van der Waals surface area contributed by atoms with Gasteiger partial charge in [-0.05, 0) is 32.9 Å². The summed E-state index contributed by atoms with van der Waals surface area (Å²) in [4.78, 5) is 10.8. The SMILES string of the molecule is CC(C)(C)NCc1ccc(C(N)=O)cc1F. The Labute approximate surface area is 94.8 Å². The molecule has 0 aliphatic rings. The molecule has 1 aromatic rings. The standard InChI is InChI=1S/C12H17FN2O/c1-12(2,3)15-7-9-5-4-8(11(14)16)6-10(9)13/h4-6,15H,7H2,1-3H3,(H2,14,16). The Morgan fingerprint density at radius 2 is 2.06 bits per heavy atom. The zero-order valence-corrected chi connectivity index (χ0v) is 9.80. The number of halogens is 1. The summed E-state index contributed by atoms with van der Waals surface area (Å²) in [5, 5.41) is 3.17. The Bertz CT molecular complexity index is 396. The molecule has 0 saturated heterocycles. The first kappa shape index (κ1) is 12.6. The van der Waals surface area contributed by atoms with Crippen LogP contribution in [0.4, 0.5) is 4.39 Å². The van der Waals surface area contributed by atoms with E-state index in [-0.39, 0.29) is 11.1 Å². The Morgan fingerprint density at radius 1 is 1.44 bits per heavy atom. The normalized spacial score (nSPS) is 11.5. The predicted molar refractivity (Wildman–Crippen MR) is 61.5 cm³/mol. The molecule has 0 radical (unpaired) electrons. The summed E-state index contributed by atoms with van der Waals surface area (Å²) >= 11 is 0. The number of hydrogen-bond donors (Lipinski definition) is 2. The monoisotopic (exact) mass is 224 g/mol. The van der Waals surface area contributed by atoms with E-state index in [4.69, 9.17) is 5.73 Å². The Hall–Kier alpha value is -1.42. The van der Waals surface area contributed by atoms with Crippen molar-refractivity contribution in [3.63, 3.8) is 0 Å². The van der Waals surface area contributed by atoms with Gasteiger partial charge in [-0.3, -0.25) is 4.79 Å². The third-order valence-electron chi connectivity index (χ3n) is 2.15. The Morgan fingerprint density at radius 3 is 2.50 bits per heavy atom. The van der Waals surface area contributed by atoms with Gasteiger partial charge in [0.2, 0.25) is 5.91 Å². The highest BCUT2D eigenvalue weighted by atomic mass is 19.1. The molecular formula is C12H17FN2O. The molecule has 1 aromatic carbocycles. The van der Waals surface area contributed by atoms with E-state index in [0.717, 1.165) is 0 Å². The van der Waals surface area contributed by atoms with Gasteiger partial charge < -0.3 is 11.1 Å². The lowest BCUT2D eigenvalue weighted by atomic mass is 10.1. The molecule has 0 spiro atoms. The summed E-state index contributed by atoms with van der Waals surface area (Å²) in [5.74, 6) is -1.03. The van der Waals surface area contributed by atoms with Gasteiger partial charge in [0.15, 0.2) is 0 Å². The average Bonchev–Trinajstić information content (AvgIpc) is 2.14. The molecule has 0 atom stereocenters. The number of amides is 1. The fourth-order valence-electron chi connectivity index (χ4n) is 1.20. The first-order valence-electron chi connectivity index (χ1n) is 5.13. The van der Waals surface area contributed by atoms with Crippen molar-refractivity contribution >= 4 is 5.91 Å². The van der Waals surface area contributed by atoms with Gasteiger partial charge in [0.25, 0.3) is 0 Å². The number of carbonyl (C=O) groups is 1. The summed E-state index contributed by atoms with van der Waals surface area (Å²) in [7, 11) is 0. The molecule has 0 heterocycles. The number of carbonyl (C=O) groups excluding carboxylic acids is 1. The molecule has 0 aliphatic carbocycles. The predicted octanol–water partition coefficient (Wildman–Crippen LogP) is 1.81. The second kappa shape index (κ2) is 4.61. The first-order chi connectivity index (χ1) is 7.29. The smallest absolute Gasteiger partial charge is 0.248 e. The zero-order chi connectivity index (χ0) is 12.3. The van der Waals surface area contributed by atoms with E-state index in [9.17, 15) is 9.18 Å². The summed E-state index contributed by atoms with van der Waals surface area (Å²) in [5.41, 5.74) is 5.70. The van der Waals surface area contributed by atoms with Gasteiger partial charge in [-0.1, -0.05) is 6.07 Å². The molecule has 1 rings (SSSR count). The van der Waals surface area contributed by atoms with Gasteiger partial charge >= 0.3 is 0 Å². The van der Waals surface area contributed by atoms with Crippen LogP contribution in [-0.4, -0.2) is 11.4 Å². The third-order valence-corrected chi connectivity index (χ3v) is 2.15. The van der Waals surface area contributed by atoms with Gasteiger partial charge in [0, 0.05) is 23.2 Å². The third kappa shape index (κ3) is 3.62. The molecule has 0 bridgehead atoms. The van der Waals surface area contributed by atoms with E-state index in [1.807, 2.05) is 20.8 Å². The van der Waals surface area contributed by atoms with Crippen LogP contribution in [0.1, 0.15) is 36.7 Å². The van der Waals surface area contributed by atoms with Gasteiger partial charge in [-0.2, -0.15) is 0 Å². The summed E-state index contributed by atoms with van der Waals surface area (Å²) < 4.78 is 13.5. The van der Waals surface area contributed by atoms with Crippen LogP contribution in [-0.2, 0) is 6.54 Å². The number of benzene rings is 1. The quantitative estimate of drug-likeness (QED) is 0.822.